The van der Waals surface area contributed by atoms with Gasteiger partial charge in [-0.3, -0.25) is 4.55 Å². The van der Waals surface area contributed by atoms with Crippen molar-refractivity contribution in [3.8, 4) is 5.75 Å². The molecule has 0 spiro atoms. The van der Waals surface area contributed by atoms with E-state index in [9.17, 15) is 13.2 Å². The Bertz CT molecular complexity index is 469. The molecule has 16 heavy (non-hydrogen) atoms. The van der Waals surface area contributed by atoms with Crippen LogP contribution in [-0.4, -0.2) is 60.2 Å². The van der Waals surface area contributed by atoms with Crippen molar-refractivity contribution in [3.63, 3.8) is 0 Å². The molecule has 6 nitrogen and oxygen atoms in total. The van der Waals surface area contributed by atoms with Crippen LogP contribution in [-0.2, 0) is 14.9 Å². The van der Waals surface area contributed by atoms with Crippen molar-refractivity contribution in [1.82, 2.24) is 0 Å². The Morgan fingerprint density at radius 2 is 1.88 bits per heavy atom. The molecule has 84 valence electrons. The number of carboxylic acids is 1. The van der Waals surface area contributed by atoms with Crippen LogP contribution in [0.3, 0.4) is 0 Å². The van der Waals surface area contributed by atoms with Crippen LogP contribution >= 0.6 is 0 Å². The quantitative estimate of drug-likeness (QED) is 0.569. The first-order valence-electron chi connectivity index (χ1n) is 3.82. The van der Waals surface area contributed by atoms with Gasteiger partial charge in [0, 0.05) is 0 Å². The summed E-state index contributed by atoms with van der Waals surface area (Å²) in [4.78, 5) is 9.74. The van der Waals surface area contributed by atoms with E-state index in [0.29, 0.717) is 0 Å². The molecule has 0 saturated heterocycles. The predicted molar refractivity (Wildman–Crippen MR) is 56.5 cm³/mol. The van der Waals surface area contributed by atoms with Crippen LogP contribution in [0.5, 0.6) is 5.75 Å². The summed E-state index contributed by atoms with van der Waals surface area (Å²) < 4.78 is 35.1. The van der Waals surface area contributed by atoms with Gasteiger partial charge in [-0.25, -0.2) is 4.79 Å². The Morgan fingerprint density at radius 3 is 2.38 bits per heavy atom. The molecule has 0 bridgehead atoms. The summed E-state index contributed by atoms with van der Waals surface area (Å²) in [6, 6.07) is 5.22. The topological polar surface area (TPSA) is 101 Å². The fourth-order valence-electron chi connectivity index (χ4n) is 0.922. The van der Waals surface area contributed by atoms with Gasteiger partial charge in [-0.05, 0) is 12.1 Å². The number of para-hydroxylation sites is 1. The number of aliphatic carboxylic acids is 1. The number of carboxylic acid groups (broad SMARTS) is 1. The first-order chi connectivity index (χ1) is 6.91. The van der Waals surface area contributed by atoms with Gasteiger partial charge in [-0.2, -0.15) is 8.42 Å². The molecular formula is C8H9NaO6S. The number of hydrogen-bond donors (Lipinski definition) is 2. The van der Waals surface area contributed by atoms with Gasteiger partial charge in [0.25, 0.3) is 10.1 Å². The Hall–Kier alpha value is -0.600. The SMILES string of the molecule is O=C(O)COc1ccccc1S(=O)(=O)O.[NaH]. The second kappa shape index (κ2) is 6.21. The van der Waals surface area contributed by atoms with Crippen molar-refractivity contribution in [3.05, 3.63) is 24.3 Å². The van der Waals surface area contributed by atoms with Gasteiger partial charge in [-0.1, -0.05) is 12.1 Å². The van der Waals surface area contributed by atoms with Crippen LogP contribution < -0.4 is 4.74 Å². The van der Waals surface area contributed by atoms with Gasteiger partial charge in [0.1, 0.15) is 10.6 Å². The molecule has 1 aromatic rings. The summed E-state index contributed by atoms with van der Waals surface area (Å²) in [6.45, 7) is -0.674. The molecule has 1 rings (SSSR count). The first-order valence-corrected chi connectivity index (χ1v) is 5.26. The molecule has 0 saturated carbocycles. The molecule has 0 radical (unpaired) electrons. The van der Waals surface area contributed by atoms with E-state index in [0.717, 1.165) is 6.07 Å². The van der Waals surface area contributed by atoms with Crippen molar-refractivity contribution in [2.24, 2.45) is 0 Å². The standard InChI is InChI=1S/C8H8O6S.Na.H/c9-8(10)5-14-6-3-1-2-4-7(6)15(11,12)13;;/h1-4H,5H2,(H,9,10)(H,11,12,13);;. The van der Waals surface area contributed by atoms with Gasteiger partial charge < -0.3 is 9.84 Å². The summed E-state index contributed by atoms with van der Waals surface area (Å²) in [5.74, 6) is -1.43. The van der Waals surface area contributed by atoms with Crippen LogP contribution in [0, 0.1) is 0 Å². The Kier molecular flexibility index (Phi) is 5.98. The second-order valence-corrected chi connectivity index (χ2v) is 3.99. The third-order valence-electron chi connectivity index (χ3n) is 1.48. The van der Waals surface area contributed by atoms with E-state index in [-0.39, 0.29) is 35.3 Å². The van der Waals surface area contributed by atoms with Gasteiger partial charge >= 0.3 is 35.5 Å². The Labute approximate surface area is 114 Å². The van der Waals surface area contributed by atoms with E-state index in [1.807, 2.05) is 0 Å². The van der Waals surface area contributed by atoms with Crippen LogP contribution in [0.4, 0.5) is 0 Å². The zero-order valence-corrected chi connectivity index (χ0v) is 8.27. The predicted octanol–water partition coefficient (Wildman–Crippen LogP) is -0.252. The minimum atomic E-state index is -4.40. The van der Waals surface area contributed by atoms with Crippen LogP contribution in [0.1, 0.15) is 0 Å². The summed E-state index contributed by atoms with van der Waals surface area (Å²) in [6.07, 6.45) is 0. The zero-order chi connectivity index (χ0) is 11.5. The Morgan fingerprint density at radius 1 is 1.31 bits per heavy atom. The monoisotopic (exact) mass is 256 g/mol. The zero-order valence-electron chi connectivity index (χ0n) is 7.45. The van der Waals surface area contributed by atoms with E-state index in [1.165, 1.54) is 18.2 Å². The molecule has 0 aliphatic carbocycles. The van der Waals surface area contributed by atoms with E-state index >= 15 is 0 Å². The Balaban J connectivity index is 0.00000225. The van der Waals surface area contributed by atoms with Crippen molar-refractivity contribution >= 4 is 45.6 Å². The second-order valence-electron chi connectivity index (χ2n) is 2.60. The van der Waals surface area contributed by atoms with E-state index in [4.69, 9.17) is 9.66 Å². The molecule has 0 heterocycles. The number of carbonyl (C=O) groups is 1. The number of benzene rings is 1. The normalized spacial score (nSPS) is 10.3. The molecule has 2 N–H and O–H groups in total. The van der Waals surface area contributed by atoms with Crippen molar-refractivity contribution in [2.45, 2.75) is 4.90 Å². The summed E-state index contributed by atoms with van der Waals surface area (Å²) in [5.41, 5.74) is 0. The van der Waals surface area contributed by atoms with Gasteiger partial charge in [0.2, 0.25) is 0 Å². The van der Waals surface area contributed by atoms with Crippen molar-refractivity contribution in [2.75, 3.05) is 6.61 Å². The van der Waals surface area contributed by atoms with Crippen molar-refractivity contribution in [1.29, 1.82) is 0 Å². The number of rotatable bonds is 4. The molecule has 0 fully saturated rings. The maximum absolute atomic E-state index is 10.8. The molecule has 0 aliphatic heterocycles. The van der Waals surface area contributed by atoms with E-state index in [2.05, 4.69) is 4.74 Å². The first kappa shape index (κ1) is 15.4. The summed E-state index contributed by atoms with van der Waals surface area (Å²) in [5, 5.41) is 8.33. The van der Waals surface area contributed by atoms with Crippen LogP contribution in [0.15, 0.2) is 29.2 Å². The maximum atomic E-state index is 10.8. The van der Waals surface area contributed by atoms with Crippen LogP contribution in [0.25, 0.3) is 0 Å². The molecular weight excluding hydrogens is 247 g/mol. The molecule has 0 atom stereocenters. The van der Waals surface area contributed by atoms with Gasteiger partial charge in [0.15, 0.2) is 6.61 Å². The molecule has 0 aromatic heterocycles. The molecule has 0 amide bonds. The number of hydrogen-bond acceptors (Lipinski definition) is 4. The number of ether oxygens (including phenoxy) is 1. The average Bonchev–Trinajstić information content (AvgIpc) is 2.13. The molecule has 0 unspecified atom stereocenters. The van der Waals surface area contributed by atoms with E-state index in [1.54, 1.807) is 0 Å². The third-order valence-corrected chi connectivity index (χ3v) is 2.37. The molecule has 1 aromatic carbocycles. The van der Waals surface area contributed by atoms with Crippen LogP contribution in [0.2, 0.25) is 0 Å². The summed E-state index contributed by atoms with van der Waals surface area (Å²) in [7, 11) is -4.40. The molecule has 0 aliphatic rings. The molecule has 8 heteroatoms. The minimum absolute atomic E-state index is 0. The van der Waals surface area contributed by atoms with Crippen molar-refractivity contribution < 1.29 is 27.6 Å². The van der Waals surface area contributed by atoms with Gasteiger partial charge in [0.05, 0.1) is 0 Å². The van der Waals surface area contributed by atoms with E-state index < -0.39 is 27.6 Å². The fraction of sp³-hybridized carbons (Fsp3) is 0.125. The fourth-order valence-corrected chi connectivity index (χ4v) is 1.55. The average molecular weight is 256 g/mol. The summed E-state index contributed by atoms with van der Waals surface area (Å²) >= 11 is 0. The van der Waals surface area contributed by atoms with Gasteiger partial charge in [-0.15, -0.1) is 0 Å². The third kappa shape index (κ3) is 4.50.